The van der Waals surface area contributed by atoms with Crippen molar-refractivity contribution in [3.8, 4) is 0 Å². The number of nitrogens with zero attached hydrogens (tertiary/aromatic N) is 1. The molecule has 1 fully saturated rings. The molecule has 0 saturated carbocycles. The fraction of sp³-hybridized carbons (Fsp3) is 0.412. The van der Waals surface area contributed by atoms with Gasteiger partial charge in [-0.2, -0.15) is 0 Å². The molecule has 4 nitrogen and oxygen atoms in total. The van der Waals surface area contributed by atoms with Gasteiger partial charge in [0.25, 0.3) is 5.91 Å². The summed E-state index contributed by atoms with van der Waals surface area (Å²) in [6, 6.07) is 7.09. The average Bonchev–Trinajstić information content (AvgIpc) is 2.81. The van der Waals surface area contributed by atoms with Crippen LogP contribution in [0.5, 0.6) is 0 Å². The average molecular weight is 322 g/mol. The predicted octanol–water partition coefficient (Wildman–Crippen LogP) is 3.30. The third kappa shape index (κ3) is 5.53. The van der Waals surface area contributed by atoms with Gasteiger partial charge in [-0.3, -0.25) is 4.79 Å². The SMILES string of the molecule is O=C(C=Cc1ccc(Cl)cc1)OCC(=O)N1CCCCCC1. The molecule has 1 aliphatic rings. The fourth-order valence-electron chi connectivity index (χ4n) is 2.33. The van der Waals surface area contributed by atoms with Crippen molar-refractivity contribution in [2.75, 3.05) is 19.7 Å². The zero-order chi connectivity index (χ0) is 15.8. The number of benzene rings is 1. The molecule has 1 aliphatic heterocycles. The minimum Gasteiger partial charge on any atom is -0.452 e. The van der Waals surface area contributed by atoms with E-state index < -0.39 is 5.97 Å². The number of ether oxygens (including phenoxy) is 1. The minimum atomic E-state index is -0.516. The highest BCUT2D eigenvalue weighted by molar-refractivity contribution is 6.30. The second kappa shape index (κ2) is 8.59. The molecule has 0 atom stereocenters. The van der Waals surface area contributed by atoms with Gasteiger partial charge < -0.3 is 9.64 Å². The van der Waals surface area contributed by atoms with Crippen molar-refractivity contribution in [1.82, 2.24) is 4.90 Å². The van der Waals surface area contributed by atoms with Gasteiger partial charge in [-0.15, -0.1) is 0 Å². The molecule has 1 saturated heterocycles. The molecule has 0 N–H and O–H groups in total. The molecule has 0 aromatic heterocycles. The maximum absolute atomic E-state index is 12.0. The second-order valence-corrected chi connectivity index (χ2v) is 5.72. The summed E-state index contributed by atoms with van der Waals surface area (Å²) in [5.74, 6) is -0.631. The van der Waals surface area contributed by atoms with E-state index in [1.165, 1.54) is 6.08 Å². The van der Waals surface area contributed by atoms with E-state index >= 15 is 0 Å². The van der Waals surface area contributed by atoms with Crippen LogP contribution in [0.25, 0.3) is 6.08 Å². The van der Waals surface area contributed by atoms with E-state index in [9.17, 15) is 9.59 Å². The van der Waals surface area contributed by atoms with Crippen LogP contribution in [0.15, 0.2) is 30.3 Å². The van der Waals surface area contributed by atoms with Crippen LogP contribution in [0.1, 0.15) is 31.2 Å². The number of carbonyl (C=O) groups is 2. The van der Waals surface area contributed by atoms with E-state index in [4.69, 9.17) is 16.3 Å². The van der Waals surface area contributed by atoms with Crippen molar-refractivity contribution < 1.29 is 14.3 Å². The number of halogens is 1. The summed E-state index contributed by atoms with van der Waals surface area (Å²) in [5, 5.41) is 0.641. The first-order chi connectivity index (χ1) is 10.6. The predicted molar refractivity (Wildman–Crippen MR) is 86.5 cm³/mol. The van der Waals surface area contributed by atoms with Crippen molar-refractivity contribution in [2.24, 2.45) is 0 Å². The highest BCUT2D eigenvalue weighted by Gasteiger charge is 2.16. The summed E-state index contributed by atoms with van der Waals surface area (Å²) in [5.41, 5.74) is 0.847. The van der Waals surface area contributed by atoms with Crippen LogP contribution in [0, 0.1) is 0 Å². The van der Waals surface area contributed by atoms with Gasteiger partial charge in [0.15, 0.2) is 6.61 Å². The summed E-state index contributed by atoms with van der Waals surface area (Å²) in [4.78, 5) is 25.4. The fourth-order valence-corrected chi connectivity index (χ4v) is 2.46. The molecule has 1 amide bonds. The van der Waals surface area contributed by atoms with Crippen LogP contribution >= 0.6 is 11.6 Å². The molecular weight excluding hydrogens is 302 g/mol. The van der Waals surface area contributed by atoms with Gasteiger partial charge >= 0.3 is 5.97 Å². The van der Waals surface area contributed by atoms with Crippen LogP contribution in [-0.4, -0.2) is 36.5 Å². The van der Waals surface area contributed by atoms with E-state index in [2.05, 4.69) is 0 Å². The standard InChI is InChI=1S/C17H20ClNO3/c18-15-8-5-14(6-9-15)7-10-17(21)22-13-16(20)19-11-3-1-2-4-12-19/h5-10H,1-4,11-13H2. The molecule has 2 rings (SSSR count). The van der Waals surface area contributed by atoms with Gasteiger partial charge in [-0.05, 0) is 36.6 Å². The van der Waals surface area contributed by atoms with Crippen LogP contribution < -0.4 is 0 Å². The summed E-state index contributed by atoms with van der Waals surface area (Å²) in [6.07, 6.45) is 7.32. The van der Waals surface area contributed by atoms with Crippen LogP contribution in [-0.2, 0) is 14.3 Å². The maximum Gasteiger partial charge on any atom is 0.331 e. The zero-order valence-corrected chi connectivity index (χ0v) is 13.2. The number of carbonyl (C=O) groups excluding carboxylic acids is 2. The van der Waals surface area contributed by atoms with E-state index in [0.717, 1.165) is 44.3 Å². The monoisotopic (exact) mass is 321 g/mol. The highest BCUT2D eigenvalue weighted by atomic mass is 35.5. The Morgan fingerprint density at radius 2 is 1.73 bits per heavy atom. The Morgan fingerprint density at radius 3 is 2.36 bits per heavy atom. The topological polar surface area (TPSA) is 46.6 Å². The lowest BCUT2D eigenvalue weighted by molar-refractivity contribution is -0.148. The van der Waals surface area contributed by atoms with Crippen molar-refractivity contribution in [3.05, 3.63) is 40.9 Å². The molecule has 0 aliphatic carbocycles. The number of rotatable bonds is 4. The Kier molecular flexibility index (Phi) is 6.46. The third-order valence-electron chi connectivity index (χ3n) is 3.58. The summed E-state index contributed by atoms with van der Waals surface area (Å²) < 4.78 is 5.00. The molecule has 0 radical (unpaired) electrons. The molecule has 0 unspecified atom stereocenters. The van der Waals surface area contributed by atoms with Crippen molar-refractivity contribution in [2.45, 2.75) is 25.7 Å². The Hall–Kier alpha value is -1.81. The Balaban J connectivity index is 1.76. The highest BCUT2D eigenvalue weighted by Crippen LogP contribution is 2.11. The lowest BCUT2D eigenvalue weighted by Crippen LogP contribution is -2.35. The molecule has 5 heteroatoms. The number of amides is 1. The number of hydrogen-bond donors (Lipinski definition) is 0. The van der Waals surface area contributed by atoms with Gasteiger partial charge in [0.05, 0.1) is 0 Å². The molecule has 22 heavy (non-hydrogen) atoms. The molecule has 0 spiro atoms. The second-order valence-electron chi connectivity index (χ2n) is 5.29. The first kappa shape index (κ1) is 16.6. The Labute approximate surface area is 135 Å². The van der Waals surface area contributed by atoms with E-state index in [1.54, 1.807) is 35.2 Å². The van der Waals surface area contributed by atoms with Gasteiger partial charge in [0, 0.05) is 24.2 Å². The van der Waals surface area contributed by atoms with Crippen molar-refractivity contribution >= 4 is 29.6 Å². The van der Waals surface area contributed by atoms with Gasteiger partial charge in [0.1, 0.15) is 0 Å². The lowest BCUT2D eigenvalue weighted by Gasteiger charge is -2.19. The normalized spacial score (nSPS) is 15.6. The van der Waals surface area contributed by atoms with E-state index in [-0.39, 0.29) is 12.5 Å². The molecule has 118 valence electrons. The molecule has 0 bridgehead atoms. The summed E-state index contributed by atoms with van der Waals surface area (Å²) in [7, 11) is 0. The smallest absolute Gasteiger partial charge is 0.331 e. The van der Waals surface area contributed by atoms with E-state index in [0.29, 0.717) is 5.02 Å². The number of hydrogen-bond acceptors (Lipinski definition) is 3. The molecular formula is C17H20ClNO3. The molecule has 1 aromatic carbocycles. The van der Waals surface area contributed by atoms with Crippen molar-refractivity contribution in [3.63, 3.8) is 0 Å². The van der Waals surface area contributed by atoms with Gasteiger partial charge in [-0.25, -0.2) is 4.79 Å². The summed E-state index contributed by atoms with van der Waals surface area (Å²) in [6.45, 7) is 1.33. The van der Waals surface area contributed by atoms with Gasteiger partial charge in [0.2, 0.25) is 0 Å². The quantitative estimate of drug-likeness (QED) is 0.631. The first-order valence-corrected chi connectivity index (χ1v) is 7.91. The first-order valence-electron chi connectivity index (χ1n) is 7.53. The van der Waals surface area contributed by atoms with Gasteiger partial charge in [-0.1, -0.05) is 36.6 Å². The summed E-state index contributed by atoms with van der Waals surface area (Å²) >= 11 is 5.79. The van der Waals surface area contributed by atoms with Crippen LogP contribution in [0.4, 0.5) is 0 Å². The van der Waals surface area contributed by atoms with E-state index in [1.807, 2.05) is 0 Å². The Bertz CT molecular complexity index is 531. The molecule has 1 aromatic rings. The Morgan fingerprint density at radius 1 is 1.09 bits per heavy atom. The van der Waals surface area contributed by atoms with Crippen LogP contribution in [0.2, 0.25) is 5.02 Å². The number of esters is 1. The minimum absolute atomic E-state index is 0.116. The third-order valence-corrected chi connectivity index (χ3v) is 3.83. The maximum atomic E-state index is 12.0. The number of likely N-dealkylation sites (tertiary alicyclic amines) is 1. The lowest BCUT2D eigenvalue weighted by atomic mass is 10.2. The molecule has 1 heterocycles. The van der Waals surface area contributed by atoms with Crippen molar-refractivity contribution in [1.29, 1.82) is 0 Å². The van der Waals surface area contributed by atoms with Crippen LogP contribution in [0.3, 0.4) is 0 Å². The largest absolute Gasteiger partial charge is 0.452 e. The zero-order valence-electron chi connectivity index (χ0n) is 12.5.